The summed E-state index contributed by atoms with van der Waals surface area (Å²) in [5.74, 6) is 0.00536. The zero-order valence-corrected chi connectivity index (χ0v) is 12.9. The number of hydrogen-bond acceptors (Lipinski definition) is 4. The number of nitrogens with one attached hydrogen (secondary N) is 1. The normalized spacial score (nSPS) is 12.7. The molecule has 0 bridgehead atoms. The van der Waals surface area contributed by atoms with Gasteiger partial charge in [-0.25, -0.2) is 9.48 Å². The lowest BCUT2D eigenvalue weighted by Gasteiger charge is -2.07. The SMILES string of the molecule is O=C(O)c1cccc(-n2nc(Cc3ccccn3)c3c2NCC3)c1. The highest BCUT2D eigenvalue weighted by Gasteiger charge is 2.23. The maximum atomic E-state index is 11.2. The Labute approximate surface area is 138 Å². The number of carboxylic acids is 1. The van der Waals surface area contributed by atoms with Crippen molar-refractivity contribution in [2.45, 2.75) is 12.8 Å². The van der Waals surface area contributed by atoms with Gasteiger partial charge in [-0.1, -0.05) is 12.1 Å². The fraction of sp³-hybridized carbons (Fsp3) is 0.167. The van der Waals surface area contributed by atoms with Crippen LogP contribution in [-0.2, 0) is 12.8 Å². The number of carboxylic acid groups (broad SMARTS) is 1. The third kappa shape index (κ3) is 2.52. The minimum absolute atomic E-state index is 0.251. The van der Waals surface area contributed by atoms with Crippen molar-refractivity contribution >= 4 is 11.8 Å². The highest BCUT2D eigenvalue weighted by atomic mass is 16.4. The van der Waals surface area contributed by atoms with Crippen LogP contribution in [0.3, 0.4) is 0 Å². The second-order valence-electron chi connectivity index (χ2n) is 5.72. The molecule has 2 N–H and O–H groups in total. The summed E-state index contributed by atoms with van der Waals surface area (Å²) >= 11 is 0. The standard InChI is InChI=1S/C18H16N4O2/c23-18(24)12-4-3-6-14(10-12)22-17-15(7-9-20-17)16(21-22)11-13-5-1-2-8-19-13/h1-6,8,10,20H,7,9,11H2,(H,23,24). The van der Waals surface area contributed by atoms with Crippen LogP contribution in [-0.4, -0.2) is 32.4 Å². The number of aromatic carboxylic acids is 1. The van der Waals surface area contributed by atoms with Crippen molar-refractivity contribution in [1.82, 2.24) is 14.8 Å². The fourth-order valence-electron chi connectivity index (χ4n) is 3.02. The largest absolute Gasteiger partial charge is 0.478 e. The third-order valence-electron chi connectivity index (χ3n) is 4.15. The Morgan fingerprint density at radius 2 is 2.17 bits per heavy atom. The summed E-state index contributed by atoms with van der Waals surface area (Å²) in [5, 5.41) is 17.3. The molecule has 4 rings (SSSR count). The van der Waals surface area contributed by atoms with Crippen molar-refractivity contribution in [3.8, 4) is 5.69 Å². The average molecular weight is 320 g/mol. The van der Waals surface area contributed by atoms with Gasteiger partial charge in [0.25, 0.3) is 0 Å². The van der Waals surface area contributed by atoms with Gasteiger partial charge in [-0.2, -0.15) is 5.10 Å². The van der Waals surface area contributed by atoms with E-state index < -0.39 is 5.97 Å². The summed E-state index contributed by atoms with van der Waals surface area (Å²) in [6.07, 6.45) is 3.35. The van der Waals surface area contributed by atoms with Crippen LogP contribution < -0.4 is 5.32 Å². The molecule has 24 heavy (non-hydrogen) atoms. The molecule has 120 valence electrons. The minimum Gasteiger partial charge on any atom is -0.478 e. The van der Waals surface area contributed by atoms with Gasteiger partial charge in [0.2, 0.25) is 0 Å². The Bertz CT molecular complexity index is 903. The van der Waals surface area contributed by atoms with E-state index >= 15 is 0 Å². The first kappa shape index (κ1) is 14.4. The molecule has 6 nitrogen and oxygen atoms in total. The van der Waals surface area contributed by atoms with E-state index in [1.54, 1.807) is 29.1 Å². The van der Waals surface area contributed by atoms with Gasteiger partial charge in [0.15, 0.2) is 0 Å². The maximum absolute atomic E-state index is 11.2. The van der Waals surface area contributed by atoms with Crippen LogP contribution in [0.2, 0.25) is 0 Å². The van der Waals surface area contributed by atoms with Crippen molar-refractivity contribution in [3.63, 3.8) is 0 Å². The summed E-state index contributed by atoms with van der Waals surface area (Å²) in [6.45, 7) is 0.862. The molecule has 0 saturated heterocycles. The van der Waals surface area contributed by atoms with Crippen LogP contribution in [0.25, 0.3) is 5.69 Å². The topological polar surface area (TPSA) is 80.0 Å². The Morgan fingerprint density at radius 3 is 2.96 bits per heavy atom. The van der Waals surface area contributed by atoms with E-state index in [1.807, 2.05) is 24.3 Å². The summed E-state index contributed by atoms with van der Waals surface area (Å²) in [6, 6.07) is 12.7. The molecule has 0 fully saturated rings. The monoisotopic (exact) mass is 320 g/mol. The summed E-state index contributed by atoms with van der Waals surface area (Å²) < 4.78 is 1.80. The number of aromatic nitrogens is 3. The summed E-state index contributed by atoms with van der Waals surface area (Å²) in [7, 11) is 0. The molecule has 0 saturated carbocycles. The molecule has 0 radical (unpaired) electrons. The summed E-state index contributed by atoms with van der Waals surface area (Å²) in [5.41, 5.74) is 4.13. The lowest BCUT2D eigenvalue weighted by molar-refractivity contribution is 0.0697. The van der Waals surface area contributed by atoms with Crippen LogP contribution in [0, 0.1) is 0 Å². The van der Waals surface area contributed by atoms with Crippen LogP contribution in [0.4, 0.5) is 5.82 Å². The minimum atomic E-state index is -0.942. The van der Waals surface area contributed by atoms with E-state index in [0.29, 0.717) is 6.42 Å². The predicted octanol–water partition coefficient (Wildman–Crippen LogP) is 2.52. The van der Waals surface area contributed by atoms with E-state index in [9.17, 15) is 9.90 Å². The number of carbonyl (C=O) groups is 1. The van der Waals surface area contributed by atoms with Crippen molar-refractivity contribution in [2.75, 3.05) is 11.9 Å². The van der Waals surface area contributed by atoms with Gasteiger partial charge in [-0.3, -0.25) is 4.98 Å². The molecular formula is C18H16N4O2. The van der Waals surface area contributed by atoms with E-state index in [1.165, 1.54) is 5.56 Å². The molecule has 0 unspecified atom stereocenters. The molecule has 2 aromatic heterocycles. The Kier molecular flexibility index (Phi) is 3.49. The average Bonchev–Trinajstić information content (AvgIpc) is 3.20. The highest BCUT2D eigenvalue weighted by Crippen LogP contribution is 2.30. The fourth-order valence-corrected chi connectivity index (χ4v) is 3.02. The summed E-state index contributed by atoms with van der Waals surface area (Å²) in [4.78, 5) is 15.6. The first-order valence-electron chi connectivity index (χ1n) is 7.80. The van der Waals surface area contributed by atoms with Crippen molar-refractivity contribution in [1.29, 1.82) is 0 Å². The van der Waals surface area contributed by atoms with Crippen molar-refractivity contribution in [3.05, 3.63) is 71.2 Å². The Hall–Kier alpha value is -3.15. The predicted molar refractivity (Wildman–Crippen MR) is 89.8 cm³/mol. The van der Waals surface area contributed by atoms with E-state index in [-0.39, 0.29) is 5.56 Å². The van der Waals surface area contributed by atoms with Crippen LogP contribution >= 0.6 is 0 Å². The van der Waals surface area contributed by atoms with Gasteiger partial charge in [0.1, 0.15) is 5.82 Å². The molecular weight excluding hydrogens is 304 g/mol. The smallest absolute Gasteiger partial charge is 0.335 e. The molecule has 1 aliphatic heterocycles. The van der Waals surface area contributed by atoms with Gasteiger partial charge in [-0.15, -0.1) is 0 Å². The molecule has 1 aromatic carbocycles. The Morgan fingerprint density at radius 1 is 1.25 bits per heavy atom. The lowest BCUT2D eigenvalue weighted by Crippen LogP contribution is -2.06. The molecule has 6 heteroatoms. The maximum Gasteiger partial charge on any atom is 0.335 e. The van der Waals surface area contributed by atoms with Gasteiger partial charge in [-0.05, 0) is 36.8 Å². The van der Waals surface area contributed by atoms with Gasteiger partial charge in [0.05, 0.1) is 16.9 Å². The van der Waals surface area contributed by atoms with Crippen LogP contribution in [0.15, 0.2) is 48.7 Å². The zero-order valence-electron chi connectivity index (χ0n) is 12.9. The number of nitrogens with zero attached hydrogens (tertiary/aromatic N) is 3. The third-order valence-corrected chi connectivity index (χ3v) is 4.15. The second kappa shape index (κ2) is 5.81. The number of pyridine rings is 1. The molecule has 0 amide bonds. The first-order valence-corrected chi connectivity index (χ1v) is 7.80. The zero-order chi connectivity index (χ0) is 16.5. The van der Waals surface area contributed by atoms with Crippen LogP contribution in [0.5, 0.6) is 0 Å². The van der Waals surface area contributed by atoms with E-state index in [2.05, 4.69) is 10.3 Å². The highest BCUT2D eigenvalue weighted by molar-refractivity contribution is 5.88. The number of fused-ring (bicyclic) bond motifs is 1. The molecule has 3 heterocycles. The molecule has 0 atom stereocenters. The lowest BCUT2D eigenvalue weighted by atomic mass is 10.1. The van der Waals surface area contributed by atoms with Gasteiger partial charge < -0.3 is 10.4 Å². The number of rotatable bonds is 4. The first-order chi connectivity index (χ1) is 11.7. The molecule has 3 aromatic rings. The molecule has 1 aliphatic rings. The number of benzene rings is 1. The molecule has 0 spiro atoms. The number of hydrogen-bond donors (Lipinski definition) is 2. The Balaban J connectivity index is 1.76. The number of anilines is 1. The quantitative estimate of drug-likeness (QED) is 0.772. The van der Waals surface area contributed by atoms with Gasteiger partial charge >= 0.3 is 5.97 Å². The van der Waals surface area contributed by atoms with Gasteiger partial charge in [0, 0.05) is 30.4 Å². The van der Waals surface area contributed by atoms with Crippen molar-refractivity contribution in [2.24, 2.45) is 0 Å². The van der Waals surface area contributed by atoms with E-state index in [4.69, 9.17) is 5.10 Å². The van der Waals surface area contributed by atoms with E-state index in [0.717, 1.165) is 35.9 Å². The second-order valence-corrected chi connectivity index (χ2v) is 5.72. The van der Waals surface area contributed by atoms with Crippen molar-refractivity contribution < 1.29 is 9.90 Å². The van der Waals surface area contributed by atoms with Crippen LogP contribution in [0.1, 0.15) is 27.3 Å². The molecule has 0 aliphatic carbocycles.